The Labute approximate surface area is 109 Å². The Morgan fingerprint density at radius 2 is 2.29 bits per heavy atom. The minimum Gasteiger partial charge on any atom is -0.398 e. The van der Waals surface area contributed by atoms with Crippen LogP contribution in [0.3, 0.4) is 0 Å². The lowest BCUT2D eigenvalue weighted by molar-refractivity contribution is 1.17. The average Bonchev–Trinajstić information content (AvgIpc) is 2.32. The molecule has 0 amide bonds. The van der Waals surface area contributed by atoms with Crippen LogP contribution in [0.2, 0.25) is 0 Å². The van der Waals surface area contributed by atoms with Crippen LogP contribution in [-0.2, 0) is 0 Å². The highest BCUT2D eigenvalue weighted by atomic mass is 79.9. The minimum atomic E-state index is 0.679. The predicted octanol–water partition coefficient (Wildman–Crippen LogP) is 3.49. The molecule has 88 valence electrons. The van der Waals surface area contributed by atoms with Gasteiger partial charge in [0.1, 0.15) is 5.82 Å². The van der Waals surface area contributed by atoms with Crippen molar-refractivity contribution in [3.05, 3.63) is 41.0 Å². The molecule has 0 spiro atoms. The van der Waals surface area contributed by atoms with Gasteiger partial charge in [-0.3, -0.25) is 0 Å². The zero-order valence-corrected chi connectivity index (χ0v) is 11.2. The van der Waals surface area contributed by atoms with Gasteiger partial charge in [0.2, 0.25) is 0 Å². The number of nitrogen functional groups attached to an aromatic ring is 1. The third-order valence-electron chi connectivity index (χ3n) is 2.58. The smallest absolute Gasteiger partial charge is 0.134 e. The second-order valence-electron chi connectivity index (χ2n) is 3.80. The summed E-state index contributed by atoms with van der Waals surface area (Å²) in [4.78, 5) is 4.52. The summed E-state index contributed by atoms with van der Waals surface area (Å²) < 4.78 is 0.953. The number of rotatable bonds is 3. The molecule has 2 rings (SSSR count). The van der Waals surface area contributed by atoms with Gasteiger partial charge in [-0.15, -0.1) is 6.58 Å². The number of aromatic nitrogens is 1. The van der Waals surface area contributed by atoms with Gasteiger partial charge < -0.3 is 11.1 Å². The first-order valence-electron chi connectivity index (χ1n) is 5.34. The Morgan fingerprint density at radius 3 is 3.00 bits per heavy atom. The lowest BCUT2D eigenvalue weighted by Crippen LogP contribution is -2.03. The number of nitrogens with zero attached hydrogens (tertiary/aromatic N) is 1. The van der Waals surface area contributed by atoms with E-state index >= 15 is 0 Å². The molecule has 0 atom stereocenters. The number of aryl methyl sites for hydroxylation is 1. The van der Waals surface area contributed by atoms with Crippen LogP contribution < -0.4 is 11.1 Å². The molecule has 0 aliphatic heterocycles. The lowest BCUT2D eigenvalue weighted by Gasteiger charge is -2.12. The highest BCUT2D eigenvalue weighted by Gasteiger charge is 2.10. The number of nitrogens with two attached hydrogens (primary N) is 1. The average molecular weight is 292 g/mol. The third kappa shape index (κ3) is 2.13. The molecule has 4 heteroatoms. The van der Waals surface area contributed by atoms with E-state index in [4.69, 9.17) is 5.73 Å². The van der Waals surface area contributed by atoms with Crippen molar-refractivity contribution >= 4 is 38.2 Å². The highest BCUT2D eigenvalue weighted by Crippen LogP contribution is 2.34. The highest BCUT2D eigenvalue weighted by molar-refractivity contribution is 9.10. The number of anilines is 2. The fourth-order valence-electron chi connectivity index (χ4n) is 1.77. The summed E-state index contributed by atoms with van der Waals surface area (Å²) in [6.45, 7) is 6.32. The van der Waals surface area contributed by atoms with Gasteiger partial charge in [-0.25, -0.2) is 4.98 Å². The molecule has 1 heterocycles. The second-order valence-corrected chi connectivity index (χ2v) is 4.59. The minimum absolute atomic E-state index is 0.679. The Morgan fingerprint density at radius 1 is 1.53 bits per heavy atom. The van der Waals surface area contributed by atoms with Crippen molar-refractivity contribution in [3.63, 3.8) is 0 Å². The first-order chi connectivity index (χ1) is 8.15. The summed E-state index contributed by atoms with van der Waals surface area (Å²) >= 11 is 3.54. The van der Waals surface area contributed by atoms with Crippen molar-refractivity contribution in [2.24, 2.45) is 0 Å². The second kappa shape index (κ2) is 4.75. The predicted molar refractivity (Wildman–Crippen MR) is 77.3 cm³/mol. The van der Waals surface area contributed by atoms with Crippen LogP contribution in [-0.4, -0.2) is 11.5 Å². The van der Waals surface area contributed by atoms with Gasteiger partial charge in [-0.05, 0) is 28.9 Å². The first-order valence-corrected chi connectivity index (χ1v) is 6.13. The van der Waals surface area contributed by atoms with E-state index < -0.39 is 0 Å². The fourth-order valence-corrected chi connectivity index (χ4v) is 2.31. The molecule has 2 aromatic rings. The summed E-state index contributed by atoms with van der Waals surface area (Å²) in [7, 11) is 0. The van der Waals surface area contributed by atoms with E-state index in [-0.39, 0.29) is 0 Å². The van der Waals surface area contributed by atoms with Crippen molar-refractivity contribution < 1.29 is 0 Å². The number of halogens is 1. The topological polar surface area (TPSA) is 50.9 Å². The number of benzene rings is 1. The molecule has 0 fully saturated rings. The first kappa shape index (κ1) is 11.9. The van der Waals surface area contributed by atoms with Crippen LogP contribution in [0.25, 0.3) is 10.8 Å². The largest absolute Gasteiger partial charge is 0.398 e. The van der Waals surface area contributed by atoms with Gasteiger partial charge in [0, 0.05) is 27.5 Å². The van der Waals surface area contributed by atoms with Crippen molar-refractivity contribution in [1.82, 2.24) is 4.98 Å². The SMILES string of the molecule is C=CCNc1nc(C)c(Br)c2c(N)cccc12. The van der Waals surface area contributed by atoms with E-state index in [0.29, 0.717) is 6.54 Å². The Hall–Kier alpha value is -1.55. The molecule has 0 aliphatic rings. The molecule has 1 aromatic heterocycles. The van der Waals surface area contributed by atoms with Crippen LogP contribution in [0.4, 0.5) is 11.5 Å². The molecule has 0 aliphatic carbocycles. The van der Waals surface area contributed by atoms with E-state index in [1.165, 1.54) is 0 Å². The molecule has 0 bridgehead atoms. The van der Waals surface area contributed by atoms with Crippen molar-refractivity contribution in [3.8, 4) is 0 Å². The monoisotopic (exact) mass is 291 g/mol. The zero-order chi connectivity index (χ0) is 12.4. The molecule has 0 radical (unpaired) electrons. The summed E-state index contributed by atoms with van der Waals surface area (Å²) in [6, 6.07) is 5.83. The fraction of sp³-hybridized carbons (Fsp3) is 0.154. The summed E-state index contributed by atoms with van der Waals surface area (Å²) in [6.07, 6.45) is 1.80. The third-order valence-corrected chi connectivity index (χ3v) is 3.55. The van der Waals surface area contributed by atoms with Crippen LogP contribution in [0.15, 0.2) is 35.3 Å². The van der Waals surface area contributed by atoms with E-state index in [9.17, 15) is 0 Å². The van der Waals surface area contributed by atoms with E-state index in [1.807, 2.05) is 25.1 Å². The van der Waals surface area contributed by atoms with Crippen LogP contribution in [0, 0.1) is 6.92 Å². The number of nitrogens with one attached hydrogen (secondary N) is 1. The maximum absolute atomic E-state index is 6.02. The molecule has 0 unspecified atom stereocenters. The number of fused-ring (bicyclic) bond motifs is 1. The Kier molecular flexibility index (Phi) is 3.33. The lowest BCUT2D eigenvalue weighted by atomic mass is 10.1. The number of hydrogen-bond acceptors (Lipinski definition) is 3. The van der Waals surface area contributed by atoms with E-state index in [0.717, 1.165) is 32.4 Å². The van der Waals surface area contributed by atoms with Crippen molar-refractivity contribution in [2.75, 3.05) is 17.6 Å². The molecular formula is C13H14BrN3. The maximum atomic E-state index is 6.02. The molecule has 0 saturated carbocycles. The normalized spacial score (nSPS) is 10.5. The maximum Gasteiger partial charge on any atom is 0.134 e. The molecule has 3 N–H and O–H groups in total. The van der Waals surface area contributed by atoms with Crippen molar-refractivity contribution in [2.45, 2.75) is 6.92 Å². The number of hydrogen-bond donors (Lipinski definition) is 2. The summed E-state index contributed by atoms with van der Waals surface area (Å²) in [5.74, 6) is 0.841. The quantitative estimate of drug-likeness (QED) is 0.672. The Bertz CT molecular complexity index is 578. The molecule has 0 saturated heterocycles. The molecule has 1 aromatic carbocycles. The standard InChI is InChI=1S/C13H14BrN3/c1-3-7-16-13-9-5-4-6-10(15)11(9)12(14)8(2)17-13/h3-6H,1,7,15H2,2H3,(H,16,17). The van der Waals surface area contributed by atoms with Gasteiger partial charge in [0.05, 0.1) is 5.69 Å². The van der Waals surface area contributed by atoms with Crippen LogP contribution in [0.1, 0.15) is 5.69 Å². The summed E-state index contributed by atoms with van der Waals surface area (Å²) in [5.41, 5.74) is 7.69. The zero-order valence-electron chi connectivity index (χ0n) is 9.63. The summed E-state index contributed by atoms with van der Waals surface area (Å²) in [5, 5.41) is 5.25. The molecule has 17 heavy (non-hydrogen) atoms. The van der Waals surface area contributed by atoms with Crippen LogP contribution in [0.5, 0.6) is 0 Å². The van der Waals surface area contributed by atoms with Gasteiger partial charge in [-0.1, -0.05) is 18.2 Å². The Balaban J connectivity index is 2.73. The van der Waals surface area contributed by atoms with Gasteiger partial charge in [0.25, 0.3) is 0 Å². The van der Waals surface area contributed by atoms with Gasteiger partial charge in [-0.2, -0.15) is 0 Å². The van der Waals surface area contributed by atoms with Crippen molar-refractivity contribution in [1.29, 1.82) is 0 Å². The number of pyridine rings is 1. The van der Waals surface area contributed by atoms with E-state index in [1.54, 1.807) is 6.08 Å². The van der Waals surface area contributed by atoms with Gasteiger partial charge in [0.15, 0.2) is 0 Å². The van der Waals surface area contributed by atoms with Crippen LogP contribution >= 0.6 is 15.9 Å². The molecular weight excluding hydrogens is 278 g/mol. The molecule has 3 nitrogen and oxygen atoms in total. The van der Waals surface area contributed by atoms with E-state index in [2.05, 4.69) is 32.8 Å². The van der Waals surface area contributed by atoms with Gasteiger partial charge >= 0.3 is 0 Å².